The van der Waals surface area contributed by atoms with E-state index in [9.17, 15) is 4.79 Å². The Labute approximate surface area is 380 Å². The van der Waals surface area contributed by atoms with Crippen LogP contribution in [-0.4, -0.2) is 37.5 Å². The summed E-state index contributed by atoms with van der Waals surface area (Å²) < 4.78 is 28.6. The molecule has 1 aromatic heterocycles. The van der Waals surface area contributed by atoms with Gasteiger partial charge in [-0.1, -0.05) is 156 Å². The molecular weight excluding hydrogens is 858 g/mol. The first-order valence-corrected chi connectivity index (χ1v) is 21.4. The zero-order valence-corrected chi connectivity index (χ0v) is 36.8. The summed E-state index contributed by atoms with van der Waals surface area (Å²) in [7, 11) is 3.21. The van der Waals surface area contributed by atoms with Crippen molar-refractivity contribution in [2.24, 2.45) is 5.16 Å². The summed E-state index contributed by atoms with van der Waals surface area (Å²) in [5.74, 6) is 1.11. The fraction of sp³-hybridized carbons (Fsp3) is 0.140. The molecule has 320 valence electrons. The van der Waals surface area contributed by atoms with E-state index in [4.69, 9.17) is 56.7 Å². The summed E-state index contributed by atoms with van der Waals surface area (Å²) in [6, 6.07) is 46.9. The van der Waals surface area contributed by atoms with Gasteiger partial charge in [0, 0.05) is 10.9 Å². The molecule has 0 aliphatic carbocycles. The Hall–Kier alpha value is -6.79. The molecule has 10 nitrogen and oxygen atoms in total. The third kappa shape index (κ3) is 10.6. The van der Waals surface area contributed by atoms with Crippen LogP contribution in [0, 0.1) is 0 Å². The quantitative estimate of drug-likeness (QED) is 0.0263. The maximum Gasteiger partial charge on any atom is 0.363 e. The zero-order chi connectivity index (χ0) is 44.0. The second-order valence-electron chi connectivity index (χ2n) is 13.9. The largest absolute Gasteiger partial charge is 0.497 e. The van der Waals surface area contributed by atoms with Crippen molar-refractivity contribution in [2.75, 3.05) is 26.1 Å². The molecule has 0 aliphatic rings. The van der Waals surface area contributed by atoms with E-state index < -0.39 is 11.5 Å². The Morgan fingerprint density at radius 1 is 0.730 bits per heavy atom. The van der Waals surface area contributed by atoms with Crippen LogP contribution >= 0.6 is 34.5 Å². The molecule has 0 atom stereocenters. The van der Waals surface area contributed by atoms with Crippen molar-refractivity contribution in [3.05, 3.63) is 213 Å². The summed E-state index contributed by atoms with van der Waals surface area (Å²) in [6.07, 6.45) is 1.46. The SMILES string of the molecule is C=CCOC(=O)/C(=N\OCc1cc(Cl)c(OCc2ccc(OC)cc2)c(OCc2ccc(OC)cc2)c1Cl)c1csc(NC(c2ccccc2)(c2ccccc2)c2ccccc2)n1. The molecule has 1 heterocycles. The lowest BCUT2D eigenvalue weighted by atomic mass is 9.77. The van der Waals surface area contributed by atoms with Crippen molar-refractivity contribution in [2.45, 2.75) is 25.4 Å². The smallest absolute Gasteiger partial charge is 0.363 e. The number of carbonyl (C=O) groups is 1. The van der Waals surface area contributed by atoms with Gasteiger partial charge in [0.1, 0.15) is 49.2 Å². The zero-order valence-electron chi connectivity index (χ0n) is 34.5. The average Bonchev–Trinajstić information content (AvgIpc) is 3.80. The fourth-order valence-electron chi connectivity index (χ4n) is 6.70. The van der Waals surface area contributed by atoms with Gasteiger partial charge in [0.15, 0.2) is 16.6 Å². The molecule has 13 heteroatoms. The van der Waals surface area contributed by atoms with E-state index in [0.717, 1.165) is 33.6 Å². The Balaban J connectivity index is 1.19. The third-order valence-electron chi connectivity index (χ3n) is 9.85. The van der Waals surface area contributed by atoms with Crippen LogP contribution in [0.25, 0.3) is 0 Å². The second kappa shape index (κ2) is 21.3. The number of methoxy groups -OCH3 is 2. The molecule has 0 radical (unpaired) electrons. The monoisotopic (exact) mass is 899 g/mol. The number of rotatable bonds is 20. The number of oxime groups is 1. The topological polar surface area (TPSA) is 110 Å². The van der Waals surface area contributed by atoms with Gasteiger partial charge in [-0.15, -0.1) is 11.3 Å². The van der Waals surface area contributed by atoms with Gasteiger partial charge in [0.05, 0.1) is 24.3 Å². The van der Waals surface area contributed by atoms with Crippen molar-refractivity contribution < 1.29 is 33.3 Å². The molecule has 7 rings (SSSR count). The molecule has 0 bridgehead atoms. The summed E-state index contributed by atoms with van der Waals surface area (Å²) >= 11 is 15.2. The number of hydrogen-bond acceptors (Lipinski definition) is 11. The number of hydrogen-bond donors (Lipinski definition) is 1. The van der Waals surface area contributed by atoms with Gasteiger partial charge < -0.3 is 33.8 Å². The van der Waals surface area contributed by atoms with Gasteiger partial charge in [-0.25, -0.2) is 9.78 Å². The number of esters is 1. The number of thiazole rings is 1. The summed E-state index contributed by atoms with van der Waals surface area (Å²) in [5, 5.41) is 10.7. The van der Waals surface area contributed by atoms with Crippen LogP contribution in [0.5, 0.6) is 23.0 Å². The van der Waals surface area contributed by atoms with Crippen molar-refractivity contribution in [1.29, 1.82) is 0 Å². The first kappa shape index (κ1) is 44.3. The van der Waals surface area contributed by atoms with Crippen LogP contribution in [0.4, 0.5) is 5.13 Å². The van der Waals surface area contributed by atoms with Crippen LogP contribution in [0.3, 0.4) is 0 Å². The van der Waals surface area contributed by atoms with E-state index in [1.165, 1.54) is 17.4 Å². The van der Waals surface area contributed by atoms with E-state index in [-0.39, 0.29) is 59.4 Å². The molecule has 63 heavy (non-hydrogen) atoms. The predicted octanol–water partition coefficient (Wildman–Crippen LogP) is 11.7. The molecule has 0 fully saturated rings. The predicted molar refractivity (Wildman–Crippen MR) is 249 cm³/mol. The highest BCUT2D eigenvalue weighted by molar-refractivity contribution is 7.14. The van der Waals surface area contributed by atoms with E-state index >= 15 is 0 Å². The lowest BCUT2D eigenvalue weighted by Crippen LogP contribution is -2.38. The molecule has 0 saturated heterocycles. The maximum atomic E-state index is 13.6. The van der Waals surface area contributed by atoms with Crippen LogP contribution in [-0.2, 0) is 39.7 Å². The molecule has 6 aromatic carbocycles. The second-order valence-corrected chi connectivity index (χ2v) is 15.5. The first-order valence-electron chi connectivity index (χ1n) is 19.7. The maximum absolute atomic E-state index is 13.6. The minimum absolute atomic E-state index is 0.0550. The molecule has 7 aromatic rings. The van der Waals surface area contributed by atoms with Crippen molar-refractivity contribution in [3.63, 3.8) is 0 Å². The van der Waals surface area contributed by atoms with Gasteiger partial charge in [-0.3, -0.25) is 0 Å². The van der Waals surface area contributed by atoms with Gasteiger partial charge in [-0.05, 0) is 58.1 Å². The molecule has 0 saturated carbocycles. The van der Waals surface area contributed by atoms with Gasteiger partial charge in [-0.2, -0.15) is 0 Å². The highest BCUT2D eigenvalue weighted by Crippen LogP contribution is 2.45. The van der Waals surface area contributed by atoms with E-state index in [0.29, 0.717) is 16.4 Å². The Morgan fingerprint density at radius 2 is 1.24 bits per heavy atom. The highest BCUT2D eigenvalue weighted by atomic mass is 35.5. The standard InChI is InChI=1S/C50H43Cl2N3O7S/c1-4-28-59-48(56)45(43-33-63-49(53-43)54-50(37-14-8-5-9-15-37,38-16-10-6-11-17-38)39-18-12-7-13-19-39)55-62-32-36-29-42(51)46(60-30-34-20-24-40(57-2)25-21-34)47(44(36)52)61-31-35-22-26-41(58-3)27-23-35/h4-27,29,33H,1,28,30-32H2,2-3H3,(H,53,54)/b55-45-. The molecule has 0 unspecified atom stereocenters. The number of nitrogens with zero attached hydrogens (tertiary/aromatic N) is 2. The lowest BCUT2D eigenvalue weighted by molar-refractivity contribution is -0.134. The number of ether oxygens (including phenoxy) is 5. The third-order valence-corrected chi connectivity index (χ3v) is 11.3. The minimum atomic E-state index is -0.857. The fourth-order valence-corrected chi connectivity index (χ4v) is 7.97. The van der Waals surface area contributed by atoms with Gasteiger partial charge >= 0.3 is 5.97 Å². The number of aromatic nitrogens is 1. The van der Waals surface area contributed by atoms with Crippen molar-refractivity contribution >= 4 is 51.4 Å². The normalized spacial score (nSPS) is 11.3. The van der Waals surface area contributed by atoms with Crippen LogP contribution in [0.2, 0.25) is 10.0 Å². The molecule has 0 aliphatic heterocycles. The highest BCUT2D eigenvalue weighted by Gasteiger charge is 2.37. The molecule has 0 spiro atoms. The molecule has 0 amide bonds. The average molecular weight is 901 g/mol. The van der Waals surface area contributed by atoms with Crippen LogP contribution in [0.1, 0.15) is 39.1 Å². The van der Waals surface area contributed by atoms with Crippen LogP contribution in [0.15, 0.2) is 169 Å². The number of benzene rings is 6. The molecule has 1 N–H and O–H groups in total. The van der Waals surface area contributed by atoms with Crippen molar-refractivity contribution in [1.82, 2.24) is 4.98 Å². The van der Waals surface area contributed by atoms with Crippen LogP contribution < -0.4 is 24.3 Å². The molecular formula is C50H43Cl2N3O7S. The van der Waals surface area contributed by atoms with Crippen molar-refractivity contribution in [3.8, 4) is 23.0 Å². The summed E-state index contributed by atoms with van der Waals surface area (Å²) in [4.78, 5) is 24.3. The summed E-state index contributed by atoms with van der Waals surface area (Å²) in [5.41, 5.74) is 4.31. The van der Waals surface area contributed by atoms with E-state index in [1.807, 2.05) is 103 Å². The number of carbonyl (C=O) groups excluding carboxylic acids is 1. The van der Waals surface area contributed by atoms with E-state index in [1.54, 1.807) is 25.7 Å². The Morgan fingerprint density at radius 3 is 1.73 bits per heavy atom. The number of anilines is 1. The number of nitrogens with one attached hydrogen (secondary N) is 1. The minimum Gasteiger partial charge on any atom is -0.497 e. The first-order chi connectivity index (χ1) is 30.8. The van der Waals surface area contributed by atoms with Gasteiger partial charge in [0.25, 0.3) is 0 Å². The van der Waals surface area contributed by atoms with E-state index in [2.05, 4.69) is 53.4 Å². The van der Waals surface area contributed by atoms with Gasteiger partial charge in [0.2, 0.25) is 5.71 Å². The number of halogens is 2. The Bertz CT molecular complexity index is 2530. The summed E-state index contributed by atoms with van der Waals surface area (Å²) in [6.45, 7) is 3.73. The lowest BCUT2D eigenvalue weighted by Gasteiger charge is -2.36. The Kier molecular flexibility index (Phi) is 15.0.